The third kappa shape index (κ3) is 2.28. The van der Waals surface area contributed by atoms with Crippen molar-refractivity contribution in [3.63, 3.8) is 0 Å². The number of carbonyl (C=O) groups is 1. The lowest BCUT2D eigenvalue weighted by Crippen LogP contribution is -2.36. The zero-order valence-corrected chi connectivity index (χ0v) is 14.7. The van der Waals surface area contributed by atoms with Gasteiger partial charge in [0, 0.05) is 19.8 Å². The molecule has 1 fully saturated rings. The minimum Gasteiger partial charge on any atom is -0.329 e. The molecule has 0 saturated carbocycles. The van der Waals surface area contributed by atoms with Crippen LogP contribution in [0.3, 0.4) is 0 Å². The number of aryl methyl sites for hydroxylation is 1. The van der Waals surface area contributed by atoms with E-state index in [0.717, 1.165) is 29.7 Å². The number of imidazole rings is 1. The summed E-state index contributed by atoms with van der Waals surface area (Å²) in [5.74, 6) is 0.744. The molecule has 1 aromatic carbocycles. The first kappa shape index (κ1) is 15.7. The molecule has 136 valence electrons. The number of para-hydroxylation sites is 2. The Hall–Kier alpha value is -3.49. The standard InChI is InChI=1S/C18H17N7O2/c1-23-13-6-3-2-5-12(13)22-15(23)14-7-4-8-24(14)16(26)11-9-19-18-20-10-21-25(18)17(11)27/h2-3,5-6,9-10,14H,4,7-8H2,1H3,(H,19,20,21)/t14-/m1/s1. The molecule has 1 saturated heterocycles. The fourth-order valence-electron chi connectivity index (χ4n) is 3.84. The van der Waals surface area contributed by atoms with Crippen LogP contribution in [0.15, 0.2) is 41.6 Å². The molecule has 0 bridgehead atoms. The predicted molar refractivity (Wildman–Crippen MR) is 97.3 cm³/mol. The first-order chi connectivity index (χ1) is 13.1. The number of carbonyl (C=O) groups excluding carboxylic acids is 1. The highest BCUT2D eigenvalue weighted by atomic mass is 16.2. The molecule has 4 aromatic rings. The lowest BCUT2D eigenvalue weighted by molar-refractivity contribution is 0.0726. The van der Waals surface area contributed by atoms with Crippen LogP contribution in [0, 0.1) is 0 Å². The van der Waals surface area contributed by atoms with E-state index in [0.29, 0.717) is 6.54 Å². The minimum atomic E-state index is -0.446. The lowest BCUT2D eigenvalue weighted by Gasteiger charge is -2.24. The molecule has 1 aliphatic rings. The predicted octanol–water partition coefficient (Wildman–Crippen LogP) is 1.28. The second-order valence-corrected chi connectivity index (χ2v) is 6.67. The molecule has 0 unspecified atom stereocenters. The summed E-state index contributed by atoms with van der Waals surface area (Å²) in [7, 11) is 1.96. The molecule has 4 heterocycles. The molecule has 1 amide bonds. The summed E-state index contributed by atoms with van der Waals surface area (Å²) in [6.45, 7) is 0.581. The number of aromatic amines is 1. The molecule has 0 spiro atoms. The number of amides is 1. The van der Waals surface area contributed by atoms with Crippen molar-refractivity contribution in [2.45, 2.75) is 18.9 Å². The SMILES string of the molecule is Cn1c([C@H]2CCCN2C(=O)c2cnc3nc[nH]n3c2=O)nc2ccccc21. The van der Waals surface area contributed by atoms with Gasteiger partial charge in [0.15, 0.2) is 0 Å². The maximum Gasteiger partial charge on any atom is 0.286 e. The third-order valence-corrected chi connectivity index (χ3v) is 5.17. The summed E-state index contributed by atoms with van der Waals surface area (Å²) in [5.41, 5.74) is 1.50. The fourth-order valence-corrected chi connectivity index (χ4v) is 3.84. The van der Waals surface area contributed by atoms with Crippen LogP contribution in [0.1, 0.15) is 35.1 Å². The zero-order chi connectivity index (χ0) is 18.5. The van der Waals surface area contributed by atoms with Crippen molar-refractivity contribution < 1.29 is 4.79 Å². The second-order valence-electron chi connectivity index (χ2n) is 6.67. The Bertz CT molecular complexity index is 1240. The van der Waals surface area contributed by atoms with Gasteiger partial charge in [0.25, 0.3) is 17.2 Å². The number of rotatable bonds is 2. The summed E-state index contributed by atoms with van der Waals surface area (Å²) < 4.78 is 3.20. The summed E-state index contributed by atoms with van der Waals surface area (Å²) in [6, 6.07) is 7.72. The number of aromatic nitrogens is 6. The van der Waals surface area contributed by atoms with Gasteiger partial charge in [-0.1, -0.05) is 12.1 Å². The van der Waals surface area contributed by atoms with Crippen LogP contribution in [-0.4, -0.2) is 46.5 Å². The summed E-state index contributed by atoms with van der Waals surface area (Å²) in [5, 5.41) is 2.69. The number of nitrogens with one attached hydrogen (secondary N) is 1. The average Bonchev–Trinajstić information content (AvgIpc) is 3.40. The minimum absolute atomic E-state index is 0.0300. The van der Waals surface area contributed by atoms with Crippen LogP contribution in [0.2, 0.25) is 0 Å². The Balaban J connectivity index is 1.57. The number of hydrogen-bond donors (Lipinski definition) is 1. The summed E-state index contributed by atoms with van der Waals surface area (Å²) >= 11 is 0. The van der Waals surface area contributed by atoms with Crippen molar-refractivity contribution in [3.8, 4) is 0 Å². The molecule has 1 aliphatic heterocycles. The smallest absolute Gasteiger partial charge is 0.286 e. The van der Waals surface area contributed by atoms with Gasteiger partial charge in [-0.15, -0.1) is 0 Å². The van der Waals surface area contributed by atoms with Crippen LogP contribution in [-0.2, 0) is 7.05 Å². The van der Waals surface area contributed by atoms with Crippen molar-refractivity contribution in [1.82, 2.24) is 34.0 Å². The number of H-pyrrole nitrogens is 1. The van der Waals surface area contributed by atoms with Gasteiger partial charge in [-0.25, -0.2) is 15.0 Å². The highest BCUT2D eigenvalue weighted by molar-refractivity contribution is 5.94. The molecular formula is C18H17N7O2. The van der Waals surface area contributed by atoms with Crippen LogP contribution in [0.5, 0.6) is 0 Å². The highest BCUT2D eigenvalue weighted by Crippen LogP contribution is 2.33. The first-order valence-electron chi connectivity index (χ1n) is 8.78. The number of benzene rings is 1. The van der Waals surface area contributed by atoms with E-state index < -0.39 is 5.56 Å². The van der Waals surface area contributed by atoms with E-state index in [2.05, 4.69) is 15.1 Å². The Morgan fingerprint density at radius 2 is 2.11 bits per heavy atom. The van der Waals surface area contributed by atoms with E-state index in [1.165, 1.54) is 17.0 Å². The quantitative estimate of drug-likeness (QED) is 0.578. The molecule has 1 atom stereocenters. The van der Waals surface area contributed by atoms with Gasteiger partial charge in [0.1, 0.15) is 17.7 Å². The third-order valence-electron chi connectivity index (χ3n) is 5.17. The molecule has 27 heavy (non-hydrogen) atoms. The van der Waals surface area contributed by atoms with Crippen molar-refractivity contribution >= 4 is 22.7 Å². The van der Waals surface area contributed by atoms with Gasteiger partial charge in [-0.2, -0.15) is 4.52 Å². The second kappa shape index (κ2) is 5.76. The molecule has 3 aromatic heterocycles. The molecule has 5 rings (SSSR count). The molecule has 9 heteroatoms. The highest BCUT2D eigenvalue weighted by Gasteiger charge is 2.35. The average molecular weight is 363 g/mol. The van der Waals surface area contributed by atoms with E-state index in [4.69, 9.17) is 4.98 Å². The molecule has 1 N–H and O–H groups in total. The number of hydrogen-bond acceptors (Lipinski definition) is 5. The maximum atomic E-state index is 13.1. The van der Waals surface area contributed by atoms with E-state index in [1.54, 1.807) is 4.90 Å². The van der Waals surface area contributed by atoms with Crippen molar-refractivity contribution in [2.24, 2.45) is 7.05 Å². The molecular weight excluding hydrogens is 346 g/mol. The zero-order valence-electron chi connectivity index (χ0n) is 14.7. The van der Waals surface area contributed by atoms with Gasteiger partial charge in [-0.05, 0) is 25.0 Å². The molecule has 9 nitrogen and oxygen atoms in total. The fraction of sp³-hybridized carbons (Fsp3) is 0.278. The number of nitrogens with zero attached hydrogens (tertiary/aromatic N) is 6. The van der Waals surface area contributed by atoms with E-state index >= 15 is 0 Å². The monoisotopic (exact) mass is 363 g/mol. The summed E-state index contributed by atoms with van der Waals surface area (Å²) in [4.78, 5) is 40.3. The Morgan fingerprint density at radius 1 is 1.26 bits per heavy atom. The Kier molecular flexibility index (Phi) is 3.36. The van der Waals surface area contributed by atoms with Crippen LogP contribution < -0.4 is 5.56 Å². The Labute approximate surface area is 153 Å². The lowest BCUT2D eigenvalue weighted by atomic mass is 10.2. The van der Waals surface area contributed by atoms with Gasteiger partial charge in [0.2, 0.25) is 0 Å². The van der Waals surface area contributed by atoms with Crippen molar-refractivity contribution in [1.29, 1.82) is 0 Å². The van der Waals surface area contributed by atoms with Crippen molar-refractivity contribution in [3.05, 3.63) is 58.5 Å². The van der Waals surface area contributed by atoms with Gasteiger partial charge >= 0.3 is 0 Å². The van der Waals surface area contributed by atoms with Gasteiger partial charge in [0.05, 0.1) is 17.1 Å². The van der Waals surface area contributed by atoms with Gasteiger partial charge in [-0.3, -0.25) is 14.7 Å². The van der Waals surface area contributed by atoms with E-state index in [1.807, 2.05) is 35.9 Å². The van der Waals surface area contributed by atoms with E-state index in [9.17, 15) is 9.59 Å². The van der Waals surface area contributed by atoms with Crippen molar-refractivity contribution in [2.75, 3.05) is 6.54 Å². The van der Waals surface area contributed by atoms with Crippen LogP contribution in [0.4, 0.5) is 0 Å². The van der Waals surface area contributed by atoms with Gasteiger partial charge < -0.3 is 9.47 Å². The normalized spacial score (nSPS) is 17.2. The number of likely N-dealkylation sites (tertiary alicyclic amines) is 1. The molecule has 0 radical (unpaired) electrons. The van der Waals surface area contributed by atoms with E-state index in [-0.39, 0.29) is 23.3 Å². The Morgan fingerprint density at radius 3 is 2.96 bits per heavy atom. The summed E-state index contributed by atoms with van der Waals surface area (Å²) in [6.07, 6.45) is 4.35. The molecule has 0 aliphatic carbocycles. The van der Waals surface area contributed by atoms with Crippen LogP contribution in [0.25, 0.3) is 16.8 Å². The number of fused-ring (bicyclic) bond motifs is 2. The maximum absolute atomic E-state index is 13.1. The van der Waals surface area contributed by atoms with Crippen LogP contribution >= 0.6 is 0 Å². The first-order valence-corrected chi connectivity index (χ1v) is 8.78. The largest absolute Gasteiger partial charge is 0.329 e. The topological polar surface area (TPSA) is 101 Å².